The van der Waals surface area contributed by atoms with Crippen LogP contribution in [0.1, 0.15) is 98.8 Å². The van der Waals surface area contributed by atoms with Crippen LogP contribution in [-0.4, -0.2) is 33.5 Å². The maximum Gasteiger partial charge on any atom is 0.303 e. The molecule has 3 unspecified atom stereocenters. The molecule has 0 heterocycles. The van der Waals surface area contributed by atoms with E-state index in [0.717, 1.165) is 32.1 Å². The van der Waals surface area contributed by atoms with Gasteiger partial charge >= 0.3 is 5.97 Å². The quantitative estimate of drug-likeness (QED) is 0.482. The zero-order valence-corrected chi connectivity index (χ0v) is 19.9. The third-order valence-corrected chi connectivity index (χ3v) is 10.1. The summed E-state index contributed by atoms with van der Waals surface area (Å²) in [5.74, 6) is 2.05. The molecule has 0 aromatic heterocycles. The molecule has 4 heteroatoms. The van der Waals surface area contributed by atoms with Crippen molar-refractivity contribution >= 4 is 5.97 Å². The standard InChI is InChI=1S/C26H46O4/c1-6-18(27)11-13-25(4)15-17(3)24(30)23-20(25)12-14-26(5)19(8-9-21(23)26)16(2)7-10-22(28)29/h16-21,23-24,27,30H,6-15H2,1-5H3,(H,28,29)/t16-,17-,18+,19-,20?,21?,23?,24-,25+,26-/m1/s1. The number of aliphatic hydroxyl groups excluding tert-OH is 2. The van der Waals surface area contributed by atoms with Gasteiger partial charge < -0.3 is 15.3 Å². The van der Waals surface area contributed by atoms with Crippen molar-refractivity contribution in [2.75, 3.05) is 0 Å². The van der Waals surface area contributed by atoms with Crippen molar-refractivity contribution < 1.29 is 20.1 Å². The number of carboxylic acid groups (broad SMARTS) is 1. The Bertz CT molecular complexity index is 606. The van der Waals surface area contributed by atoms with Crippen LogP contribution in [0.4, 0.5) is 0 Å². The molecule has 0 aromatic rings. The molecule has 0 radical (unpaired) electrons. The fourth-order valence-electron chi connectivity index (χ4n) is 8.39. The second-order valence-corrected chi connectivity index (χ2v) is 11.9. The zero-order valence-electron chi connectivity index (χ0n) is 19.9. The molecule has 3 fully saturated rings. The second-order valence-electron chi connectivity index (χ2n) is 11.9. The molecule has 3 aliphatic rings. The van der Waals surface area contributed by atoms with Gasteiger partial charge in [-0.25, -0.2) is 0 Å². The number of carboxylic acids is 1. The predicted octanol–water partition coefficient (Wildman–Crippen LogP) is 5.50. The summed E-state index contributed by atoms with van der Waals surface area (Å²) in [6.45, 7) is 11.4. The lowest BCUT2D eigenvalue weighted by Gasteiger charge is -2.60. The Kier molecular flexibility index (Phi) is 7.29. The van der Waals surface area contributed by atoms with Gasteiger partial charge in [0.1, 0.15) is 0 Å². The Morgan fingerprint density at radius 3 is 2.47 bits per heavy atom. The van der Waals surface area contributed by atoms with Crippen LogP contribution in [0.5, 0.6) is 0 Å². The summed E-state index contributed by atoms with van der Waals surface area (Å²) in [5, 5.41) is 30.7. The van der Waals surface area contributed by atoms with Crippen LogP contribution in [-0.2, 0) is 4.79 Å². The van der Waals surface area contributed by atoms with Gasteiger partial charge in [-0.15, -0.1) is 0 Å². The van der Waals surface area contributed by atoms with Gasteiger partial charge in [0.2, 0.25) is 0 Å². The first-order chi connectivity index (χ1) is 14.0. The summed E-state index contributed by atoms with van der Waals surface area (Å²) in [7, 11) is 0. The first kappa shape index (κ1) is 24.0. The normalized spacial score (nSPS) is 45.4. The minimum atomic E-state index is -0.688. The molecule has 0 bridgehead atoms. The van der Waals surface area contributed by atoms with E-state index in [0.29, 0.717) is 35.5 Å². The van der Waals surface area contributed by atoms with Crippen LogP contribution in [0.15, 0.2) is 0 Å². The summed E-state index contributed by atoms with van der Waals surface area (Å²) in [4.78, 5) is 11.1. The third-order valence-electron chi connectivity index (χ3n) is 10.1. The van der Waals surface area contributed by atoms with Crippen molar-refractivity contribution in [3.63, 3.8) is 0 Å². The number of rotatable bonds is 8. The SMILES string of the molecule is CC[C@H](O)CC[C@@]1(C)C[C@@H](C)[C@@H](O)C2C1CC[C@@]1(C)C2CC[C@@H]1[C@H](C)CCC(=O)O. The summed E-state index contributed by atoms with van der Waals surface area (Å²) in [6.07, 6.45) is 9.14. The fraction of sp³-hybridized carbons (Fsp3) is 0.962. The molecule has 0 aliphatic heterocycles. The molecule has 10 atom stereocenters. The van der Waals surface area contributed by atoms with Gasteiger partial charge in [0, 0.05) is 6.42 Å². The molecule has 4 nitrogen and oxygen atoms in total. The molecular weight excluding hydrogens is 376 g/mol. The number of hydrogen-bond acceptors (Lipinski definition) is 3. The van der Waals surface area contributed by atoms with Gasteiger partial charge in [0.05, 0.1) is 12.2 Å². The Labute approximate surface area is 183 Å². The third kappa shape index (κ3) is 4.33. The molecule has 3 N–H and O–H groups in total. The van der Waals surface area contributed by atoms with Crippen molar-refractivity contribution in [2.45, 2.75) is 111 Å². The smallest absolute Gasteiger partial charge is 0.303 e. The molecule has 174 valence electrons. The van der Waals surface area contributed by atoms with Crippen LogP contribution in [0, 0.1) is 46.3 Å². The monoisotopic (exact) mass is 422 g/mol. The Morgan fingerprint density at radius 2 is 1.83 bits per heavy atom. The van der Waals surface area contributed by atoms with Gasteiger partial charge in [-0.3, -0.25) is 4.79 Å². The van der Waals surface area contributed by atoms with Crippen LogP contribution in [0.25, 0.3) is 0 Å². The van der Waals surface area contributed by atoms with Crippen molar-refractivity contribution in [2.24, 2.45) is 46.3 Å². The zero-order chi connectivity index (χ0) is 22.3. The highest BCUT2D eigenvalue weighted by Gasteiger charge is 2.61. The average molecular weight is 423 g/mol. The van der Waals surface area contributed by atoms with Crippen molar-refractivity contribution in [3.8, 4) is 0 Å². The van der Waals surface area contributed by atoms with E-state index in [2.05, 4.69) is 34.6 Å². The lowest BCUT2D eigenvalue weighted by molar-refractivity contribution is -0.154. The molecular formula is C26H46O4. The molecule has 3 saturated carbocycles. The van der Waals surface area contributed by atoms with Crippen LogP contribution >= 0.6 is 0 Å². The molecule has 0 saturated heterocycles. The first-order valence-corrected chi connectivity index (χ1v) is 12.6. The van der Waals surface area contributed by atoms with Crippen LogP contribution < -0.4 is 0 Å². The van der Waals surface area contributed by atoms with Crippen molar-refractivity contribution in [1.29, 1.82) is 0 Å². The van der Waals surface area contributed by atoms with Gasteiger partial charge in [-0.2, -0.15) is 0 Å². The van der Waals surface area contributed by atoms with E-state index in [4.69, 9.17) is 5.11 Å². The summed E-state index contributed by atoms with van der Waals surface area (Å²) in [6, 6.07) is 0. The molecule has 3 aliphatic carbocycles. The van der Waals surface area contributed by atoms with E-state index in [1.165, 1.54) is 25.7 Å². The molecule has 30 heavy (non-hydrogen) atoms. The lowest BCUT2D eigenvalue weighted by atomic mass is 9.46. The topological polar surface area (TPSA) is 77.8 Å². The Hall–Kier alpha value is -0.610. The van der Waals surface area contributed by atoms with Crippen molar-refractivity contribution in [3.05, 3.63) is 0 Å². The molecule has 0 amide bonds. The average Bonchev–Trinajstić information content (AvgIpc) is 3.05. The number of aliphatic hydroxyl groups is 2. The van der Waals surface area contributed by atoms with E-state index >= 15 is 0 Å². The number of aliphatic carboxylic acids is 1. The van der Waals surface area contributed by atoms with Crippen LogP contribution in [0.3, 0.4) is 0 Å². The van der Waals surface area contributed by atoms with Crippen LogP contribution in [0.2, 0.25) is 0 Å². The molecule has 3 rings (SSSR count). The highest BCUT2D eigenvalue weighted by atomic mass is 16.4. The molecule has 0 spiro atoms. The van der Waals surface area contributed by atoms with Gasteiger partial charge in [-0.1, -0.05) is 34.6 Å². The number of fused-ring (bicyclic) bond motifs is 3. The largest absolute Gasteiger partial charge is 0.481 e. The summed E-state index contributed by atoms with van der Waals surface area (Å²) in [5.41, 5.74) is 0.425. The van der Waals surface area contributed by atoms with E-state index in [9.17, 15) is 15.0 Å². The highest BCUT2D eigenvalue weighted by molar-refractivity contribution is 5.66. The molecule has 0 aromatic carbocycles. The fourth-order valence-corrected chi connectivity index (χ4v) is 8.39. The highest BCUT2D eigenvalue weighted by Crippen LogP contribution is 2.67. The van der Waals surface area contributed by atoms with Gasteiger partial charge in [-0.05, 0) is 104 Å². The summed E-state index contributed by atoms with van der Waals surface area (Å²) >= 11 is 0. The van der Waals surface area contributed by atoms with Crippen molar-refractivity contribution in [1.82, 2.24) is 0 Å². The maximum atomic E-state index is 11.4. The maximum absolute atomic E-state index is 11.4. The number of hydrogen-bond donors (Lipinski definition) is 3. The minimum Gasteiger partial charge on any atom is -0.481 e. The lowest BCUT2D eigenvalue weighted by Crippen LogP contribution is -2.56. The Morgan fingerprint density at radius 1 is 1.13 bits per heavy atom. The predicted molar refractivity (Wildman–Crippen MR) is 120 cm³/mol. The minimum absolute atomic E-state index is 0.202. The van der Waals surface area contributed by atoms with E-state index in [-0.39, 0.29) is 29.5 Å². The second kappa shape index (κ2) is 9.10. The van der Waals surface area contributed by atoms with E-state index in [1.807, 2.05) is 0 Å². The van der Waals surface area contributed by atoms with Gasteiger partial charge in [0.15, 0.2) is 0 Å². The number of carbonyl (C=O) groups is 1. The van der Waals surface area contributed by atoms with E-state index in [1.54, 1.807) is 0 Å². The van der Waals surface area contributed by atoms with E-state index < -0.39 is 5.97 Å². The summed E-state index contributed by atoms with van der Waals surface area (Å²) < 4.78 is 0. The Balaban J connectivity index is 1.81. The first-order valence-electron chi connectivity index (χ1n) is 12.6. The van der Waals surface area contributed by atoms with Gasteiger partial charge in [0.25, 0.3) is 0 Å².